The molecule has 1 N–H and O–H groups in total. The Kier molecular flexibility index (Phi) is 5.18. The zero-order valence-corrected chi connectivity index (χ0v) is 13.3. The SMILES string of the molecule is O=[N+]([O-])c1ccc(COCc2ccc(C3=NCCCN3)cc2)cc1. The third kappa shape index (κ3) is 4.17. The molecule has 6 heteroatoms. The van der Waals surface area contributed by atoms with E-state index in [1.165, 1.54) is 12.1 Å². The number of hydrogen-bond donors (Lipinski definition) is 1. The molecule has 0 bridgehead atoms. The van der Waals surface area contributed by atoms with Crippen molar-refractivity contribution >= 4 is 11.5 Å². The molecule has 124 valence electrons. The maximum absolute atomic E-state index is 10.6. The number of ether oxygens (including phenoxy) is 1. The number of non-ortho nitro benzene ring substituents is 1. The quantitative estimate of drug-likeness (QED) is 0.654. The monoisotopic (exact) mass is 325 g/mol. The first-order chi connectivity index (χ1) is 11.7. The lowest BCUT2D eigenvalue weighted by atomic mass is 10.1. The van der Waals surface area contributed by atoms with Gasteiger partial charge in [-0.15, -0.1) is 0 Å². The van der Waals surface area contributed by atoms with Crippen LogP contribution in [-0.2, 0) is 18.0 Å². The molecule has 0 amide bonds. The maximum atomic E-state index is 10.6. The van der Waals surface area contributed by atoms with E-state index in [4.69, 9.17) is 4.74 Å². The van der Waals surface area contributed by atoms with Crippen molar-refractivity contribution in [1.82, 2.24) is 5.32 Å². The van der Waals surface area contributed by atoms with E-state index < -0.39 is 4.92 Å². The van der Waals surface area contributed by atoms with Gasteiger partial charge in [-0.05, 0) is 29.7 Å². The zero-order valence-electron chi connectivity index (χ0n) is 13.3. The average molecular weight is 325 g/mol. The number of nitro groups is 1. The number of hydrogen-bond acceptors (Lipinski definition) is 5. The fourth-order valence-electron chi connectivity index (χ4n) is 2.49. The van der Waals surface area contributed by atoms with Gasteiger partial charge in [0.2, 0.25) is 0 Å². The van der Waals surface area contributed by atoms with Gasteiger partial charge < -0.3 is 10.1 Å². The van der Waals surface area contributed by atoms with Crippen molar-refractivity contribution < 1.29 is 9.66 Å². The highest BCUT2D eigenvalue weighted by atomic mass is 16.6. The van der Waals surface area contributed by atoms with Crippen LogP contribution in [0.2, 0.25) is 0 Å². The first-order valence-corrected chi connectivity index (χ1v) is 7.91. The van der Waals surface area contributed by atoms with Crippen LogP contribution in [0.1, 0.15) is 23.1 Å². The minimum atomic E-state index is -0.405. The number of amidine groups is 1. The second-order valence-corrected chi connectivity index (χ2v) is 5.62. The topological polar surface area (TPSA) is 76.8 Å². The molecule has 1 heterocycles. The van der Waals surface area contributed by atoms with Crippen LogP contribution in [-0.4, -0.2) is 23.8 Å². The summed E-state index contributed by atoms with van der Waals surface area (Å²) >= 11 is 0. The molecule has 0 atom stereocenters. The lowest BCUT2D eigenvalue weighted by Crippen LogP contribution is -2.30. The Hall–Kier alpha value is -2.73. The van der Waals surface area contributed by atoms with Gasteiger partial charge in [-0.3, -0.25) is 15.1 Å². The van der Waals surface area contributed by atoms with E-state index in [2.05, 4.69) is 10.3 Å². The van der Waals surface area contributed by atoms with Crippen LogP contribution in [0.25, 0.3) is 0 Å². The summed E-state index contributed by atoms with van der Waals surface area (Å²) < 4.78 is 5.68. The maximum Gasteiger partial charge on any atom is 0.269 e. The summed E-state index contributed by atoms with van der Waals surface area (Å²) in [4.78, 5) is 14.7. The highest BCUT2D eigenvalue weighted by Gasteiger charge is 2.07. The van der Waals surface area contributed by atoms with E-state index in [0.717, 1.165) is 42.0 Å². The molecule has 6 nitrogen and oxygen atoms in total. The molecule has 0 aliphatic carbocycles. The molecule has 1 aliphatic heterocycles. The van der Waals surface area contributed by atoms with Gasteiger partial charge in [0.1, 0.15) is 5.84 Å². The predicted octanol–water partition coefficient (Wildman–Crippen LogP) is 3.05. The molecule has 0 radical (unpaired) electrons. The van der Waals surface area contributed by atoms with E-state index in [0.29, 0.717) is 13.2 Å². The molecule has 0 fully saturated rings. The summed E-state index contributed by atoms with van der Waals surface area (Å²) in [5.41, 5.74) is 3.18. The fraction of sp³-hybridized carbons (Fsp3) is 0.278. The van der Waals surface area contributed by atoms with Gasteiger partial charge >= 0.3 is 0 Å². The molecule has 0 spiro atoms. The zero-order chi connectivity index (χ0) is 16.8. The van der Waals surface area contributed by atoms with E-state index in [1.54, 1.807) is 12.1 Å². The van der Waals surface area contributed by atoms with Crippen molar-refractivity contribution in [2.75, 3.05) is 13.1 Å². The first-order valence-electron chi connectivity index (χ1n) is 7.91. The number of benzene rings is 2. The van der Waals surface area contributed by atoms with E-state index in [9.17, 15) is 10.1 Å². The third-order valence-electron chi connectivity index (χ3n) is 3.81. The van der Waals surface area contributed by atoms with Crippen molar-refractivity contribution in [3.63, 3.8) is 0 Å². The second kappa shape index (κ2) is 7.70. The summed E-state index contributed by atoms with van der Waals surface area (Å²) in [6, 6.07) is 14.6. The molecule has 0 saturated heterocycles. The van der Waals surface area contributed by atoms with Gasteiger partial charge in [0.15, 0.2) is 0 Å². The largest absolute Gasteiger partial charge is 0.372 e. The highest BCUT2D eigenvalue weighted by molar-refractivity contribution is 5.99. The van der Waals surface area contributed by atoms with Gasteiger partial charge in [-0.2, -0.15) is 0 Å². The van der Waals surface area contributed by atoms with Crippen LogP contribution in [0.4, 0.5) is 5.69 Å². The molecular weight excluding hydrogens is 306 g/mol. The third-order valence-corrected chi connectivity index (χ3v) is 3.81. The Morgan fingerprint density at radius 3 is 2.21 bits per heavy atom. The van der Waals surface area contributed by atoms with Gasteiger partial charge in [0.05, 0.1) is 18.1 Å². The Balaban J connectivity index is 1.51. The molecule has 0 saturated carbocycles. The van der Waals surface area contributed by atoms with Crippen molar-refractivity contribution in [2.24, 2.45) is 4.99 Å². The molecule has 0 aromatic heterocycles. The normalized spacial score (nSPS) is 13.9. The number of rotatable bonds is 6. The molecular formula is C18H19N3O3. The Morgan fingerprint density at radius 1 is 1.04 bits per heavy atom. The van der Waals surface area contributed by atoms with Crippen molar-refractivity contribution in [1.29, 1.82) is 0 Å². The van der Waals surface area contributed by atoms with Crippen LogP contribution >= 0.6 is 0 Å². The van der Waals surface area contributed by atoms with Crippen LogP contribution in [0.3, 0.4) is 0 Å². The number of nitrogens with one attached hydrogen (secondary N) is 1. The summed E-state index contributed by atoms with van der Waals surface area (Å²) in [6.07, 6.45) is 1.08. The minimum absolute atomic E-state index is 0.0913. The predicted molar refractivity (Wildman–Crippen MR) is 92.1 cm³/mol. The summed E-state index contributed by atoms with van der Waals surface area (Å²) in [5, 5.41) is 13.9. The molecule has 2 aromatic carbocycles. The van der Waals surface area contributed by atoms with Crippen LogP contribution in [0, 0.1) is 10.1 Å². The van der Waals surface area contributed by atoms with E-state index in [1.807, 2.05) is 24.3 Å². The standard InChI is InChI=1S/C18H19N3O3/c22-21(23)17-8-4-15(5-9-17)13-24-12-14-2-6-16(7-3-14)18-19-10-1-11-20-18/h2-9H,1,10-13H2,(H,19,20). The van der Waals surface area contributed by atoms with E-state index in [-0.39, 0.29) is 5.69 Å². The van der Waals surface area contributed by atoms with E-state index >= 15 is 0 Å². The summed E-state index contributed by atoms with van der Waals surface area (Å²) in [6.45, 7) is 2.77. The number of aliphatic imine (C=N–C) groups is 1. The van der Waals surface area contributed by atoms with Crippen LogP contribution < -0.4 is 5.32 Å². The molecule has 2 aromatic rings. The average Bonchev–Trinajstić information content (AvgIpc) is 2.63. The lowest BCUT2D eigenvalue weighted by molar-refractivity contribution is -0.384. The Morgan fingerprint density at radius 2 is 1.67 bits per heavy atom. The van der Waals surface area contributed by atoms with Crippen LogP contribution in [0.15, 0.2) is 53.5 Å². The lowest BCUT2D eigenvalue weighted by Gasteiger charge is -2.14. The fourth-order valence-corrected chi connectivity index (χ4v) is 2.49. The molecule has 3 rings (SSSR count). The summed E-state index contributed by atoms with van der Waals surface area (Å²) in [5.74, 6) is 0.958. The minimum Gasteiger partial charge on any atom is -0.372 e. The van der Waals surface area contributed by atoms with Gasteiger partial charge in [-0.1, -0.05) is 24.3 Å². The van der Waals surface area contributed by atoms with Crippen molar-refractivity contribution in [2.45, 2.75) is 19.6 Å². The molecule has 0 unspecified atom stereocenters. The van der Waals surface area contributed by atoms with Gasteiger partial charge in [-0.25, -0.2) is 0 Å². The van der Waals surface area contributed by atoms with Gasteiger partial charge in [0.25, 0.3) is 5.69 Å². The first kappa shape index (κ1) is 16.1. The van der Waals surface area contributed by atoms with Crippen LogP contribution in [0.5, 0.6) is 0 Å². The summed E-state index contributed by atoms with van der Waals surface area (Å²) in [7, 11) is 0. The Labute approximate surface area is 140 Å². The van der Waals surface area contributed by atoms with Crippen molar-refractivity contribution in [3.05, 3.63) is 75.3 Å². The second-order valence-electron chi connectivity index (χ2n) is 5.62. The number of nitrogens with zero attached hydrogens (tertiary/aromatic N) is 2. The molecule has 24 heavy (non-hydrogen) atoms. The Bertz CT molecular complexity index is 724. The molecule has 1 aliphatic rings. The highest BCUT2D eigenvalue weighted by Crippen LogP contribution is 2.14. The van der Waals surface area contributed by atoms with Gasteiger partial charge in [0, 0.05) is 30.8 Å². The number of nitro benzene ring substituents is 1. The van der Waals surface area contributed by atoms with Crippen molar-refractivity contribution in [3.8, 4) is 0 Å². The smallest absolute Gasteiger partial charge is 0.269 e.